The molecule has 2 aromatic rings. The minimum atomic E-state index is -0.908. The molecule has 0 aliphatic rings. The van der Waals surface area contributed by atoms with E-state index < -0.39 is 23.5 Å². The van der Waals surface area contributed by atoms with Crippen LogP contribution in [0.3, 0.4) is 0 Å². The van der Waals surface area contributed by atoms with Crippen LogP contribution >= 0.6 is 31.9 Å². The number of esters is 2. The summed E-state index contributed by atoms with van der Waals surface area (Å²) in [7, 11) is 0. The predicted octanol–water partition coefficient (Wildman–Crippen LogP) is 4.13. The normalized spacial score (nSPS) is 10.2. The molecule has 0 spiro atoms. The van der Waals surface area contributed by atoms with Crippen LogP contribution in [-0.2, 0) is 9.59 Å². The Bertz CT molecular complexity index is 844. The van der Waals surface area contributed by atoms with E-state index in [9.17, 15) is 19.2 Å². The monoisotopic (exact) mass is 482 g/mol. The first-order valence-electron chi connectivity index (χ1n) is 7.24. The number of carbonyl (C=O) groups excluding carboxylic acids is 4. The van der Waals surface area contributed by atoms with Crippen LogP contribution in [0.5, 0.6) is 11.5 Å². The molecule has 0 aliphatic carbocycles. The molecule has 2 rings (SSSR count). The minimum absolute atomic E-state index is 0.0388. The summed E-state index contributed by atoms with van der Waals surface area (Å²) in [4.78, 5) is 47.9. The third-order valence-electron chi connectivity index (χ3n) is 3.09. The van der Waals surface area contributed by atoms with Gasteiger partial charge < -0.3 is 9.47 Å². The molecule has 2 aromatic carbocycles. The molecule has 0 N–H and O–H groups in total. The van der Waals surface area contributed by atoms with Crippen LogP contribution in [0, 0.1) is 0 Å². The van der Waals surface area contributed by atoms with Crippen molar-refractivity contribution in [3.8, 4) is 11.5 Å². The maximum Gasteiger partial charge on any atom is 0.308 e. The molecule has 0 bridgehead atoms. The third kappa shape index (κ3) is 4.86. The lowest BCUT2D eigenvalue weighted by molar-refractivity contribution is -0.132. The number of hydrogen-bond donors (Lipinski definition) is 0. The van der Waals surface area contributed by atoms with Crippen molar-refractivity contribution in [3.63, 3.8) is 0 Å². The quantitative estimate of drug-likeness (QED) is 0.275. The zero-order valence-electron chi connectivity index (χ0n) is 13.7. The molecule has 134 valence electrons. The second-order valence-electron chi connectivity index (χ2n) is 5.13. The highest BCUT2D eigenvalue weighted by Crippen LogP contribution is 2.29. The minimum Gasteiger partial charge on any atom is -0.426 e. The summed E-state index contributed by atoms with van der Waals surface area (Å²) < 4.78 is 11.1. The van der Waals surface area contributed by atoms with Crippen molar-refractivity contribution < 1.29 is 28.7 Å². The van der Waals surface area contributed by atoms with Crippen LogP contribution in [0.25, 0.3) is 0 Å². The molecule has 0 saturated carbocycles. The van der Waals surface area contributed by atoms with Gasteiger partial charge >= 0.3 is 11.9 Å². The van der Waals surface area contributed by atoms with E-state index in [2.05, 4.69) is 31.9 Å². The number of carbonyl (C=O) groups is 4. The molecule has 6 nitrogen and oxygen atoms in total. The summed E-state index contributed by atoms with van der Waals surface area (Å²) in [6.07, 6.45) is 0. The van der Waals surface area contributed by atoms with E-state index in [0.29, 0.717) is 8.95 Å². The second kappa shape index (κ2) is 8.37. The lowest BCUT2D eigenvalue weighted by Crippen LogP contribution is -2.18. The van der Waals surface area contributed by atoms with Gasteiger partial charge in [-0.15, -0.1) is 0 Å². The molecular weight excluding hydrogens is 472 g/mol. The molecule has 0 saturated heterocycles. The van der Waals surface area contributed by atoms with Gasteiger partial charge in [0.2, 0.25) is 11.6 Å². The van der Waals surface area contributed by atoms with Gasteiger partial charge in [0.25, 0.3) is 0 Å². The van der Waals surface area contributed by atoms with Crippen molar-refractivity contribution in [1.29, 1.82) is 0 Å². The molecule has 8 heteroatoms. The molecule has 0 heterocycles. The van der Waals surface area contributed by atoms with Gasteiger partial charge in [0.15, 0.2) is 0 Å². The van der Waals surface area contributed by atoms with Crippen molar-refractivity contribution in [3.05, 3.63) is 56.5 Å². The van der Waals surface area contributed by atoms with E-state index in [-0.39, 0.29) is 22.6 Å². The first-order chi connectivity index (χ1) is 12.2. The highest BCUT2D eigenvalue weighted by Gasteiger charge is 2.26. The van der Waals surface area contributed by atoms with Crippen LogP contribution in [0.1, 0.15) is 34.6 Å². The van der Waals surface area contributed by atoms with Gasteiger partial charge in [-0.25, -0.2) is 0 Å². The lowest BCUT2D eigenvalue weighted by Gasteiger charge is -2.11. The molecule has 0 atom stereocenters. The molecule has 0 unspecified atom stereocenters. The third-order valence-corrected chi connectivity index (χ3v) is 4.07. The Morgan fingerprint density at radius 3 is 1.35 bits per heavy atom. The summed E-state index contributed by atoms with van der Waals surface area (Å²) in [6.45, 7) is 2.37. The standard InChI is InChI=1S/C18H12Br2O6/c1-9(21)25-15-5-3-11(19)7-13(15)17(23)18(24)14-8-12(20)4-6-16(14)26-10(2)22/h3-8H,1-2H3. The number of hydrogen-bond acceptors (Lipinski definition) is 6. The molecular formula is C18H12Br2O6. The van der Waals surface area contributed by atoms with Gasteiger partial charge in [-0.05, 0) is 36.4 Å². The summed E-state index contributed by atoms with van der Waals surface area (Å²) in [6, 6.07) is 8.70. The van der Waals surface area contributed by atoms with Gasteiger partial charge in [-0.3, -0.25) is 19.2 Å². The molecule has 0 radical (unpaired) electrons. The van der Waals surface area contributed by atoms with Crippen molar-refractivity contribution >= 4 is 55.4 Å². The van der Waals surface area contributed by atoms with Crippen LogP contribution in [0.2, 0.25) is 0 Å². The summed E-state index contributed by atoms with van der Waals surface area (Å²) in [5, 5.41) is 0. The zero-order chi connectivity index (χ0) is 19.4. The zero-order valence-corrected chi connectivity index (χ0v) is 16.8. The van der Waals surface area contributed by atoms with Crippen molar-refractivity contribution in [2.75, 3.05) is 0 Å². The maximum atomic E-state index is 12.7. The van der Waals surface area contributed by atoms with E-state index in [1.165, 1.54) is 38.1 Å². The lowest BCUT2D eigenvalue weighted by atomic mass is 10.00. The highest BCUT2D eigenvalue weighted by molar-refractivity contribution is 9.10. The number of ether oxygens (including phenoxy) is 2. The van der Waals surface area contributed by atoms with Crippen molar-refractivity contribution in [2.24, 2.45) is 0 Å². The number of rotatable bonds is 5. The second-order valence-corrected chi connectivity index (χ2v) is 6.96. The van der Waals surface area contributed by atoms with Crippen molar-refractivity contribution in [2.45, 2.75) is 13.8 Å². The average Bonchev–Trinajstić information content (AvgIpc) is 2.56. The van der Waals surface area contributed by atoms with Crippen molar-refractivity contribution in [1.82, 2.24) is 0 Å². The van der Waals surface area contributed by atoms with Gasteiger partial charge in [-0.1, -0.05) is 31.9 Å². The maximum absolute atomic E-state index is 12.7. The van der Waals surface area contributed by atoms with E-state index >= 15 is 0 Å². The Balaban J connectivity index is 2.50. The van der Waals surface area contributed by atoms with Crippen LogP contribution < -0.4 is 9.47 Å². The molecule has 26 heavy (non-hydrogen) atoms. The molecule has 0 amide bonds. The number of benzene rings is 2. The first-order valence-corrected chi connectivity index (χ1v) is 8.82. The fourth-order valence-electron chi connectivity index (χ4n) is 2.09. The Morgan fingerprint density at radius 2 is 1.04 bits per heavy atom. The predicted molar refractivity (Wildman–Crippen MR) is 99.6 cm³/mol. The SMILES string of the molecule is CC(=O)Oc1ccc(Br)cc1C(=O)C(=O)c1cc(Br)ccc1OC(C)=O. The van der Waals surface area contributed by atoms with Gasteiger partial charge in [0, 0.05) is 22.8 Å². The number of Topliss-reactive ketones (excluding diaryl/α,β-unsaturated/α-hetero) is 2. The molecule has 0 aromatic heterocycles. The van der Waals surface area contributed by atoms with Gasteiger partial charge in [-0.2, -0.15) is 0 Å². The largest absolute Gasteiger partial charge is 0.426 e. The van der Waals surface area contributed by atoms with E-state index in [4.69, 9.17) is 9.47 Å². The number of ketones is 2. The van der Waals surface area contributed by atoms with Crippen LogP contribution in [-0.4, -0.2) is 23.5 Å². The van der Waals surface area contributed by atoms with Crippen LogP contribution in [0.15, 0.2) is 45.3 Å². The summed E-state index contributed by atoms with van der Waals surface area (Å²) >= 11 is 6.43. The Hall–Kier alpha value is -2.32. The van der Waals surface area contributed by atoms with Gasteiger partial charge in [0.1, 0.15) is 11.5 Å². The smallest absolute Gasteiger partial charge is 0.308 e. The Labute approximate surface area is 165 Å². The fraction of sp³-hybridized carbons (Fsp3) is 0.111. The summed E-state index contributed by atoms with van der Waals surface area (Å²) in [5.41, 5.74) is -0.179. The highest BCUT2D eigenvalue weighted by atomic mass is 79.9. The van der Waals surface area contributed by atoms with E-state index in [1.807, 2.05) is 0 Å². The van der Waals surface area contributed by atoms with Crippen LogP contribution in [0.4, 0.5) is 0 Å². The topological polar surface area (TPSA) is 86.7 Å². The summed E-state index contributed by atoms with van der Waals surface area (Å²) in [5.74, 6) is -3.15. The molecule has 0 aliphatic heterocycles. The number of halogens is 2. The Morgan fingerprint density at radius 1 is 0.692 bits per heavy atom. The molecule has 0 fully saturated rings. The first kappa shape index (κ1) is 20.0. The van der Waals surface area contributed by atoms with E-state index in [1.54, 1.807) is 12.1 Å². The average molecular weight is 484 g/mol. The van der Waals surface area contributed by atoms with E-state index in [0.717, 1.165) is 0 Å². The van der Waals surface area contributed by atoms with Gasteiger partial charge in [0.05, 0.1) is 11.1 Å². The Kier molecular flexibility index (Phi) is 6.44. The fourth-order valence-corrected chi connectivity index (χ4v) is 2.81.